The highest BCUT2D eigenvalue weighted by Gasteiger charge is 2.86. The maximum absolute atomic E-state index is 15.4. The van der Waals surface area contributed by atoms with Crippen LogP contribution in [0.1, 0.15) is 111 Å². The molecule has 0 radical (unpaired) electrons. The molecule has 0 unspecified atom stereocenters. The minimum Gasteiger partial charge on any atom is -0.297 e. The molecule has 6 rings (SSSR count). The van der Waals surface area contributed by atoms with Crippen LogP contribution in [0, 0.1) is 50.7 Å². The predicted octanol–water partition coefficient (Wildman–Crippen LogP) is 8.40. The number of hydrogen-bond acceptors (Lipinski definition) is 4. The van der Waals surface area contributed by atoms with Crippen LogP contribution < -0.4 is 0 Å². The molecular weight excluding hydrogens is 520 g/mol. The number of carbonyl (C=O) groups excluding carboxylic acids is 4. The summed E-state index contributed by atoms with van der Waals surface area (Å²) < 4.78 is 0. The minimum absolute atomic E-state index is 0.102. The molecule has 226 valence electrons. The van der Waals surface area contributed by atoms with Crippen molar-refractivity contribution < 1.29 is 19.2 Å². The molecule has 5 saturated carbocycles. The van der Waals surface area contributed by atoms with Crippen molar-refractivity contribution in [3.8, 4) is 0 Å². The first-order valence-electron chi connectivity index (χ1n) is 16.1. The van der Waals surface area contributed by atoms with Crippen LogP contribution in [0.5, 0.6) is 0 Å². The van der Waals surface area contributed by atoms with E-state index in [4.69, 9.17) is 0 Å². The molecule has 5 fully saturated rings. The predicted molar refractivity (Wildman–Crippen MR) is 167 cm³/mol. The van der Waals surface area contributed by atoms with E-state index in [0.717, 1.165) is 18.4 Å². The fourth-order valence-corrected chi connectivity index (χ4v) is 10.2. The third-order valence-electron chi connectivity index (χ3n) is 12.5. The number of carbonyl (C=O) groups is 4. The Morgan fingerprint density at radius 3 is 2.14 bits per heavy atom. The number of rotatable bonds is 8. The lowest BCUT2D eigenvalue weighted by Gasteiger charge is -2.60. The summed E-state index contributed by atoms with van der Waals surface area (Å²) >= 11 is 0. The lowest BCUT2D eigenvalue weighted by atomic mass is 9.37. The minimum atomic E-state index is -1.87. The van der Waals surface area contributed by atoms with E-state index in [2.05, 4.69) is 60.6 Å². The molecule has 0 saturated heterocycles. The Balaban J connectivity index is 1.77. The first kappa shape index (κ1) is 30.8. The summed E-state index contributed by atoms with van der Waals surface area (Å²) in [5, 5.41) is 0. The van der Waals surface area contributed by atoms with Crippen molar-refractivity contribution in [1.82, 2.24) is 0 Å². The third kappa shape index (κ3) is 3.78. The highest BCUT2D eigenvalue weighted by atomic mass is 16.2. The summed E-state index contributed by atoms with van der Waals surface area (Å²) in [5.74, 6) is -1.26. The fraction of sp³-hybridized carbons (Fsp3) is 0.632. The Hall–Kier alpha value is -2.62. The van der Waals surface area contributed by atoms with Crippen molar-refractivity contribution in [2.45, 2.75) is 101 Å². The monoisotopic (exact) mass is 570 g/mol. The molecule has 0 N–H and O–H groups in total. The van der Waals surface area contributed by atoms with Crippen LogP contribution in [0.15, 0.2) is 53.6 Å². The number of benzene rings is 1. The van der Waals surface area contributed by atoms with Gasteiger partial charge in [-0.25, -0.2) is 0 Å². The van der Waals surface area contributed by atoms with Gasteiger partial charge in [-0.05, 0) is 93.8 Å². The number of ketones is 4. The van der Waals surface area contributed by atoms with Crippen LogP contribution in [-0.2, 0) is 14.4 Å². The first-order valence-corrected chi connectivity index (χ1v) is 16.1. The maximum atomic E-state index is 15.4. The van der Waals surface area contributed by atoms with Gasteiger partial charge in [0.2, 0.25) is 0 Å². The summed E-state index contributed by atoms with van der Waals surface area (Å²) in [6, 6.07) is 8.86. The van der Waals surface area contributed by atoms with E-state index < -0.39 is 33.2 Å². The van der Waals surface area contributed by atoms with Gasteiger partial charge in [-0.1, -0.05) is 95.2 Å². The lowest BCUT2D eigenvalue weighted by Crippen LogP contribution is -2.75. The average Bonchev–Trinajstić information content (AvgIpc) is 3.07. The van der Waals surface area contributed by atoms with E-state index >= 15 is 14.4 Å². The largest absolute Gasteiger partial charge is 0.297 e. The zero-order valence-electron chi connectivity index (χ0n) is 27.2. The average molecular weight is 571 g/mol. The van der Waals surface area contributed by atoms with Crippen LogP contribution in [0.3, 0.4) is 0 Å². The molecule has 6 atom stereocenters. The lowest BCUT2D eigenvalue weighted by molar-refractivity contribution is -0.181. The molecule has 0 aliphatic heterocycles. The molecule has 5 aliphatic carbocycles. The van der Waals surface area contributed by atoms with Gasteiger partial charge < -0.3 is 0 Å². The second-order valence-electron chi connectivity index (χ2n) is 15.8. The molecule has 4 heteroatoms. The molecule has 1 aromatic carbocycles. The second kappa shape index (κ2) is 9.96. The smallest absolute Gasteiger partial charge is 0.184 e. The highest BCUT2D eigenvalue weighted by Crippen LogP contribution is 2.77. The van der Waals surface area contributed by atoms with Crippen LogP contribution >= 0.6 is 0 Å². The Kier molecular flexibility index (Phi) is 7.31. The number of hydrogen-bond donors (Lipinski definition) is 0. The quantitative estimate of drug-likeness (QED) is 0.179. The van der Waals surface area contributed by atoms with Crippen LogP contribution in [0.25, 0.3) is 0 Å². The van der Waals surface area contributed by atoms with Gasteiger partial charge in [-0.3, -0.25) is 19.2 Å². The summed E-state index contributed by atoms with van der Waals surface area (Å²) in [6.45, 7) is 19.0. The van der Waals surface area contributed by atoms with Gasteiger partial charge in [0.1, 0.15) is 0 Å². The summed E-state index contributed by atoms with van der Waals surface area (Å²) in [5.41, 5.74) is -2.93. The zero-order chi connectivity index (χ0) is 31.0. The van der Waals surface area contributed by atoms with Crippen molar-refractivity contribution in [2.75, 3.05) is 0 Å². The van der Waals surface area contributed by atoms with Gasteiger partial charge in [0.15, 0.2) is 28.5 Å². The van der Waals surface area contributed by atoms with Crippen LogP contribution in [0.2, 0.25) is 0 Å². The van der Waals surface area contributed by atoms with Gasteiger partial charge in [-0.2, -0.15) is 0 Å². The SMILES string of the molecule is CC(C)=CCC/C(C)=C/C[C@@]12C[C@H]3C[C@H]4C(C)(C)[C@@H](C(C)C)C[C@]4(C1=O)C(=O)[C@@](C(=O)c1ccccc1)(C2=O)C3(C)C. The Labute approximate surface area is 252 Å². The molecule has 4 bridgehead atoms. The van der Waals surface area contributed by atoms with Gasteiger partial charge >= 0.3 is 0 Å². The summed E-state index contributed by atoms with van der Waals surface area (Å²) in [4.78, 5) is 60.7. The van der Waals surface area contributed by atoms with Gasteiger partial charge in [-0.15, -0.1) is 0 Å². The standard InChI is InChI=1S/C38H50O4/c1-23(2)14-13-15-25(5)18-19-36-21-27-20-29-34(6,7)28(24(3)4)22-37(29,31(36)40)33(42)38(32(36)41,35(27,8)9)30(39)26-16-11-10-12-17-26/h10-12,14,16-18,24,27-29H,13,15,19-22H2,1-9H3/b25-18+/t27-,28-,29+,36-,37+,38-/m1/s1. The normalized spacial score (nSPS) is 36.3. The third-order valence-corrected chi connectivity index (χ3v) is 12.5. The van der Waals surface area contributed by atoms with Crippen LogP contribution in [-0.4, -0.2) is 23.1 Å². The molecule has 5 aliphatic rings. The van der Waals surface area contributed by atoms with Crippen molar-refractivity contribution in [1.29, 1.82) is 0 Å². The Morgan fingerprint density at radius 2 is 1.55 bits per heavy atom. The molecule has 1 spiro atoms. The maximum Gasteiger partial charge on any atom is 0.184 e. The van der Waals surface area contributed by atoms with E-state index in [0.29, 0.717) is 24.8 Å². The molecule has 1 aromatic rings. The van der Waals surface area contributed by atoms with Crippen molar-refractivity contribution in [2.24, 2.45) is 50.7 Å². The topological polar surface area (TPSA) is 68.3 Å². The Bertz CT molecular complexity index is 1390. The molecule has 0 heterocycles. The van der Waals surface area contributed by atoms with Crippen LogP contribution in [0.4, 0.5) is 0 Å². The van der Waals surface area contributed by atoms with Crippen molar-refractivity contribution >= 4 is 23.1 Å². The zero-order valence-corrected chi connectivity index (χ0v) is 27.2. The number of Topliss-reactive ketones (excluding diaryl/α,β-unsaturated/α-hetero) is 4. The molecule has 4 nitrogen and oxygen atoms in total. The Morgan fingerprint density at radius 1 is 0.905 bits per heavy atom. The van der Waals surface area contributed by atoms with E-state index in [1.165, 1.54) is 5.57 Å². The second-order valence-corrected chi connectivity index (χ2v) is 15.8. The highest BCUT2D eigenvalue weighted by molar-refractivity contribution is 6.42. The van der Waals surface area contributed by atoms with Gasteiger partial charge in [0, 0.05) is 5.56 Å². The van der Waals surface area contributed by atoms with Crippen molar-refractivity contribution in [3.05, 3.63) is 59.2 Å². The first-order chi connectivity index (χ1) is 19.5. The van der Waals surface area contributed by atoms with Gasteiger partial charge in [0.25, 0.3) is 0 Å². The molecule has 0 aromatic heterocycles. The fourth-order valence-electron chi connectivity index (χ4n) is 10.2. The van der Waals surface area contributed by atoms with E-state index in [1.54, 1.807) is 24.3 Å². The van der Waals surface area contributed by atoms with Crippen molar-refractivity contribution in [3.63, 3.8) is 0 Å². The summed E-state index contributed by atoms with van der Waals surface area (Å²) in [7, 11) is 0. The number of allylic oxidation sites excluding steroid dienone is 4. The van der Waals surface area contributed by atoms with E-state index in [9.17, 15) is 4.79 Å². The molecular formula is C38H50O4. The summed E-state index contributed by atoms with van der Waals surface area (Å²) in [6.07, 6.45) is 7.86. The molecule has 42 heavy (non-hydrogen) atoms. The van der Waals surface area contributed by atoms with Gasteiger partial charge in [0.05, 0.1) is 10.8 Å². The van der Waals surface area contributed by atoms with E-state index in [-0.39, 0.29) is 47.1 Å². The van der Waals surface area contributed by atoms with E-state index in [1.807, 2.05) is 19.9 Å². The molecule has 0 amide bonds.